The van der Waals surface area contributed by atoms with Crippen LogP contribution >= 0.6 is 12.4 Å². The second-order valence-electron chi connectivity index (χ2n) is 6.04. The van der Waals surface area contributed by atoms with E-state index in [1.807, 2.05) is 0 Å². The first-order chi connectivity index (χ1) is 10.7. The largest absolute Gasteiger partial charge is 0.356 e. The predicted molar refractivity (Wildman–Crippen MR) is 95.8 cm³/mol. The fraction of sp³-hybridized carbons (Fsp3) is 0.875. The van der Waals surface area contributed by atoms with Crippen LogP contribution in [0, 0.1) is 0 Å². The van der Waals surface area contributed by atoms with E-state index in [1.54, 1.807) is 0 Å². The summed E-state index contributed by atoms with van der Waals surface area (Å²) in [6, 6.07) is 0.303. The minimum absolute atomic E-state index is 0. The van der Waals surface area contributed by atoms with Crippen LogP contribution in [-0.4, -0.2) is 37.6 Å². The smallest absolute Gasteiger partial charge is 0.315 e. The summed E-state index contributed by atoms with van der Waals surface area (Å²) in [4.78, 5) is 23.2. The number of hydrogen-bond acceptors (Lipinski definition) is 3. The van der Waals surface area contributed by atoms with Crippen molar-refractivity contribution < 1.29 is 9.59 Å². The molecule has 1 aliphatic rings. The van der Waals surface area contributed by atoms with Gasteiger partial charge in [0.15, 0.2) is 0 Å². The lowest BCUT2D eigenvalue weighted by molar-refractivity contribution is -0.121. The molecule has 0 heterocycles. The van der Waals surface area contributed by atoms with E-state index in [2.05, 4.69) is 16.0 Å². The number of rotatable bonds is 10. The molecule has 0 unspecified atom stereocenters. The third kappa shape index (κ3) is 12.1. The molecule has 23 heavy (non-hydrogen) atoms. The summed E-state index contributed by atoms with van der Waals surface area (Å²) in [5, 5.41) is 8.77. The molecule has 0 atom stereocenters. The van der Waals surface area contributed by atoms with E-state index in [-0.39, 0.29) is 24.3 Å². The van der Waals surface area contributed by atoms with Gasteiger partial charge >= 0.3 is 6.03 Å². The molecule has 3 amide bonds. The average Bonchev–Trinajstić information content (AvgIpc) is 2.52. The molecule has 0 saturated heterocycles. The van der Waals surface area contributed by atoms with E-state index < -0.39 is 0 Å². The highest BCUT2D eigenvalue weighted by Crippen LogP contribution is 2.17. The third-order valence-electron chi connectivity index (χ3n) is 4.01. The summed E-state index contributed by atoms with van der Waals surface area (Å²) in [6.07, 6.45) is 10.0. The topological polar surface area (TPSA) is 96.2 Å². The lowest BCUT2D eigenvalue weighted by atomic mass is 9.96. The Morgan fingerprint density at radius 2 is 1.61 bits per heavy atom. The Bertz CT molecular complexity index is 323. The van der Waals surface area contributed by atoms with Crippen LogP contribution < -0.4 is 21.7 Å². The number of halogens is 1. The van der Waals surface area contributed by atoms with E-state index >= 15 is 0 Å². The van der Waals surface area contributed by atoms with Gasteiger partial charge in [-0.15, -0.1) is 12.4 Å². The number of hydrogen-bond donors (Lipinski definition) is 4. The first-order valence-corrected chi connectivity index (χ1v) is 8.73. The number of nitrogens with one attached hydrogen (secondary N) is 3. The second kappa shape index (κ2) is 14.6. The third-order valence-corrected chi connectivity index (χ3v) is 4.01. The van der Waals surface area contributed by atoms with Gasteiger partial charge < -0.3 is 21.7 Å². The molecule has 1 rings (SSSR count). The molecule has 0 radical (unpaired) electrons. The van der Waals surface area contributed by atoms with Crippen LogP contribution in [0.1, 0.15) is 64.2 Å². The normalized spacial score (nSPS) is 14.7. The Labute approximate surface area is 146 Å². The van der Waals surface area contributed by atoms with E-state index in [4.69, 9.17) is 5.73 Å². The van der Waals surface area contributed by atoms with Gasteiger partial charge in [-0.1, -0.05) is 25.7 Å². The van der Waals surface area contributed by atoms with Gasteiger partial charge in [0.25, 0.3) is 0 Å². The van der Waals surface area contributed by atoms with Crippen molar-refractivity contribution in [3.63, 3.8) is 0 Å². The number of urea groups is 1. The Kier molecular flexibility index (Phi) is 13.9. The summed E-state index contributed by atoms with van der Waals surface area (Å²) >= 11 is 0. The Morgan fingerprint density at radius 1 is 0.913 bits per heavy atom. The molecule has 0 aliphatic heterocycles. The zero-order chi connectivity index (χ0) is 16.0. The quantitative estimate of drug-likeness (QED) is 0.455. The van der Waals surface area contributed by atoms with Crippen LogP contribution in [-0.2, 0) is 4.79 Å². The lowest BCUT2D eigenvalue weighted by Crippen LogP contribution is -2.43. The Morgan fingerprint density at radius 3 is 2.30 bits per heavy atom. The number of unbranched alkanes of at least 4 members (excludes halogenated alkanes) is 2. The molecular formula is C16H33ClN4O2. The highest BCUT2D eigenvalue weighted by Gasteiger charge is 2.14. The minimum Gasteiger partial charge on any atom is -0.356 e. The summed E-state index contributed by atoms with van der Waals surface area (Å²) in [5.41, 5.74) is 5.36. The first kappa shape index (κ1) is 22.0. The van der Waals surface area contributed by atoms with E-state index in [1.165, 1.54) is 19.3 Å². The van der Waals surface area contributed by atoms with E-state index in [0.29, 0.717) is 32.1 Å². The monoisotopic (exact) mass is 348 g/mol. The summed E-state index contributed by atoms with van der Waals surface area (Å²) < 4.78 is 0. The van der Waals surface area contributed by atoms with Crippen LogP contribution in [0.25, 0.3) is 0 Å². The maximum atomic E-state index is 11.7. The molecule has 0 spiro atoms. The molecular weight excluding hydrogens is 316 g/mol. The van der Waals surface area contributed by atoms with Gasteiger partial charge in [-0.3, -0.25) is 4.79 Å². The number of carbonyl (C=O) groups excluding carboxylic acids is 2. The van der Waals surface area contributed by atoms with Crippen molar-refractivity contribution in [1.29, 1.82) is 0 Å². The van der Waals surface area contributed by atoms with Gasteiger partial charge in [0.2, 0.25) is 5.91 Å². The molecule has 1 aliphatic carbocycles. The maximum absolute atomic E-state index is 11.7. The highest BCUT2D eigenvalue weighted by atomic mass is 35.5. The highest BCUT2D eigenvalue weighted by molar-refractivity contribution is 5.85. The molecule has 0 aromatic heterocycles. The standard InChI is InChI=1S/C16H32N4O2.ClH/c17-11-7-13-18-15(21)10-5-2-6-12-19-16(22)20-14-8-3-1-4-9-14;/h14H,1-13,17H2,(H,18,21)(H2,19,20,22);1H. The summed E-state index contributed by atoms with van der Waals surface area (Å²) in [6.45, 7) is 1.94. The van der Waals surface area contributed by atoms with Gasteiger partial charge in [-0.2, -0.15) is 0 Å². The first-order valence-electron chi connectivity index (χ1n) is 8.73. The average molecular weight is 349 g/mol. The fourth-order valence-corrected chi connectivity index (χ4v) is 2.69. The molecule has 7 heteroatoms. The molecule has 5 N–H and O–H groups in total. The summed E-state index contributed by atoms with van der Waals surface area (Å²) in [7, 11) is 0. The van der Waals surface area contributed by atoms with Crippen LogP contribution in [0.3, 0.4) is 0 Å². The lowest BCUT2D eigenvalue weighted by Gasteiger charge is -2.22. The molecule has 1 saturated carbocycles. The minimum atomic E-state index is -0.0496. The molecule has 0 bridgehead atoms. The second-order valence-corrected chi connectivity index (χ2v) is 6.04. The van der Waals surface area contributed by atoms with Crippen LogP contribution in [0.5, 0.6) is 0 Å². The van der Waals surface area contributed by atoms with Gasteiger partial charge in [-0.05, 0) is 38.6 Å². The van der Waals surface area contributed by atoms with Crippen molar-refractivity contribution in [3.8, 4) is 0 Å². The van der Waals surface area contributed by atoms with Crippen LogP contribution in [0.4, 0.5) is 4.79 Å². The van der Waals surface area contributed by atoms with E-state index in [9.17, 15) is 9.59 Å². The van der Waals surface area contributed by atoms with Crippen LogP contribution in [0.15, 0.2) is 0 Å². The number of amides is 3. The van der Waals surface area contributed by atoms with Crippen molar-refractivity contribution in [2.75, 3.05) is 19.6 Å². The fourth-order valence-electron chi connectivity index (χ4n) is 2.69. The van der Waals surface area contributed by atoms with Crippen molar-refractivity contribution >= 4 is 24.3 Å². The molecule has 0 aromatic carbocycles. The molecule has 1 fully saturated rings. The maximum Gasteiger partial charge on any atom is 0.315 e. The van der Waals surface area contributed by atoms with Crippen molar-refractivity contribution in [2.45, 2.75) is 70.3 Å². The predicted octanol–water partition coefficient (Wildman–Crippen LogP) is 2.07. The van der Waals surface area contributed by atoms with Gasteiger partial charge in [0.05, 0.1) is 0 Å². The number of nitrogens with two attached hydrogens (primary N) is 1. The molecule has 136 valence electrons. The Balaban J connectivity index is 0.00000484. The zero-order valence-electron chi connectivity index (χ0n) is 14.1. The van der Waals surface area contributed by atoms with Gasteiger partial charge in [-0.25, -0.2) is 4.79 Å². The molecule has 6 nitrogen and oxygen atoms in total. The van der Waals surface area contributed by atoms with Gasteiger partial charge in [0, 0.05) is 25.6 Å². The van der Waals surface area contributed by atoms with E-state index in [0.717, 1.165) is 38.5 Å². The van der Waals surface area contributed by atoms with Crippen molar-refractivity contribution in [3.05, 3.63) is 0 Å². The van der Waals surface area contributed by atoms with Crippen molar-refractivity contribution in [2.24, 2.45) is 5.73 Å². The summed E-state index contributed by atoms with van der Waals surface area (Å²) in [5.74, 6) is 0.0939. The van der Waals surface area contributed by atoms with Gasteiger partial charge in [0.1, 0.15) is 0 Å². The zero-order valence-corrected chi connectivity index (χ0v) is 14.9. The number of carbonyl (C=O) groups is 2. The van der Waals surface area contributed by atoms with Crippen molar-refractivity contribution in [1.82, 2.24) is 16.0 Å². The molecule has 0 aromatic rings. The Hall–Kier alpha value is -1.01. The van der Waals surface area contributed by atoms with Crippen LogP contribution in [0.2, 0.25) is 0 Å². The SMILES string of the molecule is Cl.NCCCNC(=O)CCCCCNC(=O)NC1CCCCC1.